The second-order valence-electron chi connectivity index (χ2n) is 6.70. The van der Waals surface area contributed by atoms with Gasteiger partial charge in [-0.1, -0.05) is 55.1 Å². The third-order valence-electron chi connectivity index (χ3n) is 4.06. The van der Waals surface area contributed by atoms with Crippen molar-refractivity contribution < 1.29 is 28.6 Å². The number of carbonyl (C=O) groups excluding carboxylic acids is 3. The monoisotopic (exact) mass is 457 g/mol. The van der Waals surface area contributed by atoms with Crippen LogP contribution in [0.25, 0.3) is 0 Å². The fraction of sp³-hybridized carbons (Fsp3) is 0.292. The minimum absolute atomic E-state index is 0.104. The number of benzene rings is 2. The molecule has 8 heteroatoms. The molecule has 2 aromatic rings. The first-order chi connectivity index (χ1) is 15.5. The number of anilines is 1. The van der Waals surface area contributed by atoms with E-state index in [1.165, 1.54) is 11.8 Å². The van der Waals surface area contributed by atoms with E-state index in [1.807, 2.05) is 36.4 Å². The van der Waals surface area contributed by atoms with E-state index in [2.05, 4.69) is 11.9 Å². The standard InChI is InChI=1S/C24H27NO6S/c1-3-29-23(27)18(2)16-32-17-21(31-24(28)25-20-12-8-5-9-13-20)15-30-22(26)14-19-10-6-4-7-11-19/h4-13,21H,2-3,14-17H2,1H3,(H,25,28). The van der Waals surface area contributed by atoms with Gasteiger partial charge in [0.2, 0.25) is 0 Å². The lowest BCUT2D eigenvalue weighted by Gasteiger charge is -2.18. The molecule has 0 heterocycles. The van der Waals surface area contributed by atoms with Gasteiger partial charge in [0.25, 0.3) is 0 Å². The van der Waals surface area contributed by atoms with Crippen molar-refractivity contribution in [3.8, 4) is 0 Å². The molecular weight excluding hydrogens is 430 g/mol. The summed E-state index contributed by atoms with van der Waals surface area (Å²) in [6.07, 6.45) is -1.25. The maximum absolute atomic E-state index is 12.3. The molecule has 2 aromatic carbocycles. The van der Waals surface area contributed by atoms with Crippen molar-refractivity contribution in [1.82, 2.24) is 0 Å². The molecule has 0 fully saturated rings. The van der Waals surface area contributed by atoms with Crippen LogP contribution in [0, 0.1) is 0 Å². The van der Waals surface area contributed by atoms with Gasteiger partial charge in [-0.05, 0) is 24.6 Å². The maximum Gasteiger partial charge on any atom is 0.412 e. The van der Waals surface area contributed by atoms with Crippen LogP contribution in [0.1, 0.15) is 12.5 Å². The number of thioether (sulfide) groups is 1. The summed E-state index contributed by atoms with van der Waals surface area (Å²) in [5.41, 5.74) is 1.72. The van der Waals surface area contributed by atoms with Gasteiger partial charge in [-0.2, -0.15) is 11.8 Å². The quantitative estimate of drug-likeness (QED) is 0.290. The third kappa shape index (κ3) is 9.70. The summed E-state index contributed by atoms with van der Waals surface area (Å²) >= 11 is 1.33. The van der Waals surface area contributed by atoms with Gasteiger partial charge in [0.1, 0.15) is 12.7 Å². The average Bonchev–Trinajstić information content (AvgIpc) is 2.78. The summed E-state index contributed by atoms with van der Waals surface area (Å²) in [4.78, 5) is 36.1. The number of rotatable bonds is 12. The molecule has 0 spiro atoms. The SMILES string of the molecule is C=C(CSCC(COC(=O)Cc1ccccc1)OC(=O)Nc1ccccc1)C(=O)OCC. The first-order valence-electron chi connectivity index (χ1n) is 10.1. The smallest absolute Gasteiger partial charge is 0.412 e. The second kappa shape index (κ2) is 13.9. The lowest BCUT2D eigenvalue weighted by atomic mass is 10.2. The zero-order chi connectivity index (χ0) is 23.2. The van der Waals surface area contributed by atoms with Crippen molar-refractivity contribution >= 4 is 35.5 Å². The molecule has 1 amide bonds. The van der Waals surface area contributed by atoms with Crippen molar-refractivity contribution in [2.24, 2.45) is 0 Å². The predicted molar refractivity (Wildman–Crippen MR) is 125 cm³/mol. The minimum Gasteiger partial charge on any atom is -0.463 e. The second-order valence-corrected chi connectivity index (χ2v) is 7.73. The Bertz CT molecular complexity index is 888. The highest BCUT2D eigenvalue weighted by atomic mass is 32.2. The molecule has 1 N–H and O–H groups in total. The summed E-state index contributed by atoms with van der Waals surface area (Å²) in [6, 6.07) is 18.1. The van der Waals surface area contributed by atoms with Crippen molar-refractivity contribution in [3.05, 3.63) is 78.4 Å². The van der Waals surface area contributed by atoms with Crippen LogP contribution in [0.2, 0.25) is 0 Å². The van der Waals surface area contributed by atoms with E-state index in [4.69, 9.17) is 14.2 Å². The van der Waals surface area contributed by atoms with Gasteiger partial charge < -0.3 is 14.2 Å². The first-order valence-corrected chi connectivity index (χ1v) is 11.3. The molecule has 0 aliphatic carbocycles. The van der Waals surface area contributed by atoms with Crippen LogP contribution in [-0.2, 0) is 30.2 Å². The highest BCUT2D eigenvalue weighted by molar-refractivity contribution is 7.99. The van der Waals surface area contributed by atoms with E-state index >= 15 is 0 Å². The average molecular weight is 458 g/mol. The van der Waals surface area contributed by atoms with Crippen molar-refractivity contribution in [3.63, 3.8) is 0 Å². The molecule has 1 atom stereocenters. The Balaban J connectivity index is 1.88. The molecule has 0 saturated heterocycles. The number of carbonyl (C=O) groups is 3. The summed E-state index contributed by atoms with van der Waals surface area (Å²) in [7, 11) is 0. The van der Waals surface area contributed by atoms with Crippen LogP contribution in [0.3, 0.4) is 0 Å². The molecular formula is C24H27NO6S. The Morgan fingerprint density at radius 1 is 1.00 bits per heavy atom. The Labute approximate surface area is 192 Å². The number of para-hydroxylation sites is 1. The van der Waals surface area contributed by atoms with Crippen molar-refractivity contribution in [2.45, 2.75) is 19.4 Å². The topological polar surface area (TPSA) is 90.9 Å². The molecule has 1 unspecified atom stereocenters. The van der Waals surface area contributed by atoms with E-state index in [9.17, 15) is 14.4 Å². The number of ether oxygens (including phenoxy) is 3. The molecule has 32 heavy (non-hydrogen) atoms. The number of hydrogen-bond acceptors (Lipinski definition) is 7. The summed E-state index contributed by atoms with van der Waals surface area (Å²) < 4.78 is 15.7. The Morgan fingerprint density at radius 3 is 2.31 bits per heavy atom. The lowest BCUT2D eigenvalue weighted by molar-refractivity contribution is -0.145. The number of nitrogens with one attached hydrogen (secondary N) is 1. The van der Waals surface area contributed by atoms with Gasteiger partial charge >= 0.3 is 18.0 Å². The molecule has 0 aromatic heterocycles. The molecule has 2 rings (SSSR count). The zero-order valence-corrected chi connectivity index (χ0v) is 18.8. The van der Waals surface area contributed by atoms with Gasteiger partial charge in [0.15, 0.2) is 0 Å². The maximum atomic E-state index is 12.3. The van der Waals surface area contributed by atoms with Crippen LogP contribution in [-0.4, -0.2) is 48.9 Å². The van der Waals surface area contributed by atoms with Crippen LogP contribution >= 0.6 is 11.8 Å². The summed E-state index contributed by atoms with van der Waals surface area (Å²) in [5.74, 6) is -0.279. The fourth-order valence-electron chi connectivity index (χ4n) is 2.54. The number of esters is 2. The Kier molecular flexibility index (Phi) is 10.9. The van der Waals surface area contributed by atoms with Crippen molar-refractivity contribution in [2.75, 3.05) is 30.0 Å². The predicted octanol–water partition coefficient (Wildman–Crippen LogP) is 4.24. The minimum atomic E-state index is -0.710. The van der Waals surface area contributed by atoms with Crippen molar-refractivity contribution in [1.29, 1.82) is 0 Å². The first kappa shape index (κ1) is 25.0. The normalized spacial score (nSPS) is 11.2. The van der Waals surface area contributed by atoms with Gasteiger partial charge in [0, 0.05) is 22.8 Å². The van der Waals surface area contributed by atoms with E-state index in [-0.39, 0.29) is 19.6 Å². The number of hydrogen-bond donors (Lipinski definition) is 1. The van der Waals surface area contributed by atoms with Crippen LogP contribution in [0.4, 0.5) is 10.5 Å². The van der Waals surface area contributed by atoms with Gasteiger partial charge in [-0.15, -0.1) is 0 Å². The largest absolute Gasteiger partial charge is 0.463 e. The van der Waals surface area contributed by atoms with Crippen LogP contribution in [0.15, 0.2) is 72.8 Å². The molecule has 0 aliphatic heterocycles. The highest BCUT2D eigenvalue weighted by Crippen LogP contribution is 2.14. The van der Waals surface area contributed by atoms with Gasteiger partial charge in [-0.25, -0.2) is 9.59 Å². The molecule has 0 radical (unpaired) electrons. The lowest BCUT2D eigenvalue weighted by Crippen LogP contribution is -2.30. The Hall–Kier alpha value is -3.26. The van der Waals surface area contributed by atoms with E-state index in [0.717, 1.165) is 5.56 Å². The molecule has 0 saturated carbocycles. The van der Waals surface area contributed by atoms with Crippen LogP contribution in [0.5, 0.6) is 0 Å². The summed E-state index contributed by atoms with van der Waals surface area (Å²) in [6.45, 7) is 5.59. The van der Waals surface area contributed by atoms with E-state index in [1.54, 1.807) is 31.2 Å². The van der Waals surface area contributed by atoms with Gasteiger partial charge in [0.05, 0.1) is 13.0 Å². The molecule has 0 aliphatic rings. The van der Waals surface area contributed by atoms with Crippen LogP contribution < -0.4 is 5.32 Å². The highest BCUT2D eigenvalue weighted by Gasteiger charge is 2.19. The Morgan fingerprint density at radius 2 is 1.66 bits per heavy atom. The molecule has 7 nitrogen and oxygen atoms in total. The molecule has 0 bridgehead atoms. The fourth-order valence-corrected chi connectivity index (χ4v) is 3.45. The van der Waals surface area contributed by atoms with E-state index in [0.29, 0.717) is 22.8 Å². The molecule has 170 valence electrons. The van der Waals surface area contributed by atoms with Gasteiger partial charge in [-0.3, -0.25) is 10.1 Å². The summed E-state index contributed by atoms with van der Waals surface area (Å²) in [5, 5.41) is 2.63. The third-order valence-corrected chi connectivity index (χ3v) is 5.22. The zero-order valence-electron chi connectivity index (χ0n) is 18.0. The van der Waals surface area contributed by atoms with E-state index < -0.39 is 24.1 Å². The number of amides is 1.